The van der Waals surface area contributed by atoms with Gasteiger partial charge in [-0.05, 0) is 30.4 Å². The van der Waals surface area contributed by atoms with Crippen molar-refractivity contribution in [3.63, 3.8) is 0 Å². The van der Waals surface area contributed by atoms with E-state index in [9.17, 15) is 8.42 Å². The van der Waals surface area contributed by atoms with E-state index in [1.165, 1.54) is 16.8 Å². The minimum Gasteiger partial charge on any atom is -0.397 e. The van der Waals surface area contributed by atoms with E-state index in [0.29, 0.717) is 23.8 Å². The molecule has 0 aromatic heterocycles. The first-order valence-electron chi connectivity index (χ1n) is 6.42. The van der Waals surface area contributed by atoms with Crippen molar-refractivity contribution < 1.29 is 13.8 Å². The van der Waals surface area contributed by atoms with E-state index in [4.69, 9.17) is 22.7 Å². The van der Waals surface area contributed by atoms with Gasteiger partial charge in [-0.3, -0.25) is 5.41 Å². The second kappa shape index (κ2) is 5.71. The van der Waals surface area contributed by atoms with Crippen molar-refractivity contribution in [1.29, 1.82) is 0 Å². The predicted octanol–water partition coefficient (Wildman–Crippen LogP) is 0.239. The molecule has 0 bridgehead atoms. The summed E-state index contributed by atoms with van der Waals surface area (Å²) in [5.74, 6) is 0.252. The number of nitrogen functional groups attached to an aromatic ring is 1. The number of anilines is 1. The lowest BCUT2D eigenvalue weighted by molar-refractivity contribution is -0.104. The van der Waals surface area contributed by atoms with E-state index in [-0.39, 0.29) is 5.92 Å². The number of hydrogen-bond acceptors (Lipinski definition) is 3. The topological polar surface area (TPSA) is 89.0 Å². The van der Waals surface area contributed by atoms with Gasteiger partial charge in [0.1, 0.15) is 0 Å². The van der Waals surface area contributed by atoms with Crippen LogP contribution in [0.25, 0.3) is 0 Å². The SMILES string of the molecule is CS(=O)(=O)N1CCC(c2ccc(Cl)c(N)c2C=[NH2+])CC1. The van der Waals surface area contributed by atoms with Gasteiger partial charge in [0.25, 0.3) is 0 Å². The molecule has 2 rings (SSSR count). The molecule has 7 heteroatoms. The van der Waals surface area contributed by atoms with Gasteiger partial charge in [0.2, 0.25) is 10.0 Å². The third-order valence-electron chi connectivity index (χ3n) is 3.80. The fraction of sp³-hybridized carbons (Fsp3) is 0.462. The molecule has 1 aromatic rings. The van der Waals surface area contributed by atoms with Gasteiger partial charge in [-0.1, -0.05) is 17.7 Å². The van der Waals surface area contributed by atoms with Crippen molar-refractivity contribution >= 4 is 33.5 Å². The van der Waals surface area contributed by atoms with Crippen LogP contribution in [0.5, 0.6) is 0 Å². The molecule has 1 fully saturated rings. The van der Waals surface area contributed by atoms with Gasteiger partial charge < -0.3 is 5.73 Å². The van der Waals surface area contributed by atoms with Crippen molar-refractivity contribution in [2.75, 3.05) is 25.1 Å². The Balaban J connectivity index is 2.23. The van der Waals surface area contributed by atoms with Crippen LogP contribution in [-0.4, -0.2) is 38.3 Å². The Morgan fingerprint density at radius 1 is 1.40 bits per heavy atom. The van der Waals surface area contributed by atoms with Crippen molar-refractivity contribution in [1.82, 2.24) is 4.31 Å². The van der Waals surface area contributed by atoms with E-state index in [0.717, 1.165) is 24.0 Å². The Morgan fingerprint density at radius 3 is 2.50 bits per heavy atom. The molecule has 0 atom stereocenters. The number of nitrogens with two attached hydrogens (primary N) is 2. The highest BCUT2D eigenvalue weighted by Gasteiger charge is 2.27. The van der Waals surface area contributed by atoms with E-state index in [2.05, 4.69) is 0 Å². The molecule has 0 amide bonds. The van der Waals surface area contributed by atoms with E-state index >= 15 is 0 Å². The average molecular weight is 317 g/mol. The molecule has 1 heterocycles. The van der Waals surface area contributed by atoms with Crippen LogP contribution in [0.15, 0.2) is 12.1 Å². The summed E-state index contributed by atoms with van der Waals surface area (Å²) in [6.45, 7) is 1.05. The number of halogens is 1. The molecule has 0 unspecified atom stereocenters. The molecule has 20 heavy (non-hydrogen) atoms. The lowest BCUT2D eigenvalue weighted by Gasteiger charge is -2.31. The van der Waals surface area contributed by atoms with Crippen LogP contribution in [-0.2, 0) is 10.0 Å². The Bertz CT molecular complexity index is 623. The molecule has 1 saturated heterocycles. The third-order valence-corrected chi connectivity index (χ3v) is 5.43. The second-order valence-electron chi connectivity index (χ2n) is 5.07. The van der Waals surface area contributed by atoms with Crippen LogP contribution in [0.3, 0.4) is 0 Å². The van der Waals surface area contributed by atoms with Gasteiger partial charge in [0.05, 0.1) is 22.5 Å². The summed E-state index contributed by atoms with van der Waals surface area (Å²) in [5.41, 5.74) is 8.23. The molecular weight excluding hydrogens is 298 g/mol. The lowest BCUT2D eigenvalue weighted by atomic mass is 9.87. The number of hydrogen-bond donors (Lipinski definition) is 2. The van der Waals surface area contributed by atoms with Crippen LogP contribution < -0.4 is 11.1 Å². The molecule has 0 aliphatic carbocycles. The molecule has 110 valence electrons. The highest BCUT2D eigenvalue weighted by molar-refractivity contribution is 7.88. The molecular formula is C13H19ClN3O2S+. The molecule has 4 N–H and O–H groups in total. The smallest absolute Gasteiger partial charge is 0.211 e. The number of nitrogens with zero attached hydrogens (tertiary/aromatic N) is 1. The summed E-state index contributed by atoms with van der Waals surface area (Å²) < 4.78 is 24.5. The summed E-state index contributed by atoms with van der Waals surface area (Å²) in [6, 6.07) is 3.69. The zero-order chi connectivity index (χ0) is 14.9. The maximum atomic E-state index is 11.5. The van der Waals surface area contributed by atoms with Crippen LogP contribution in [0.1, 0.15) is 29.9 Å². The molecule has 1 aliphatic rings. The molecule has 0 saturated carbocycles. The number of sulfonamides is 1. The molecule has 1 aromatic carbocycles. The van der Waals surface area contributed by atoms with E-state index in [1.54, 1.807) is 6.07 Å². The quantitative estimate of drug-likeness (QED) is 0.618. The average Bonchev–Trinajstić information content (AvgIpc) is 2.41. The van der Waals surface area contributed by atoms with Gasteiger partial charge in [-0.15, -0.1) is 0 Å². The lowest BCUT2D eigenvalue weighted by Crippen LogP contribution is -2.37. The Hall–Kier alpha value is -1.11. The Labute approximate surface area is 124 Å². The molecule has 1 aliphatic heterocycles. The van der Waals surface area contributed by atoms with Crippen molar-refractivity contribution in [2.24, 2.45) is 0 Å². The van der Waals surface area contributed by atoms with E-state index in [1.807, 2.05) is 6.07 Å². The number of benzene rings is 1. The fourth-order valence-electron chi connectivity index (χ4n) is 2.67. The van der Waals surface area contributed by atoms with Gasteiger partial charge in [0.15, 0.2) is 6.21 Å². The van der Waals surface area contributed by atoms with Crippen molar-refractivity contribution in [3.05, 3.63) is 28.3 Å². The summed E-state index contributed by atoms with van der Waals surface area (Å²) in [7, 11) is -3.11. The van der Waals surface area contributed by atoms with Gasteiger partial charge in [0, 0.05) is 13.1 Å². The van der Waals surface area contributed by atoms with Gasteiger partial charge in [-0.2, -0.15) is 0 Å². The highest BCUT2D eigenvalue weighted by atomic mass is 35.5. The summed E-state index contributed by atoms with van der Waals surface area (Å²) in [5, 5.41) is 6.14. The Kier molecular flexibility index (Phi) is 4.36. The summed E-state index contributed by atoms with van der Waals surface area (Å²) in [6.07, 6.45) is 4.23. The van der Waals surface area contributed by atoms with Gasteiger partial charge >= 0.3 is 0 Å². The van der Waals surface area contributed by atoms with Crippen LogP contribution in [0.4, 0.5) is 5.69 Å². The predicted molar refractivity (Wildman–Crippen MR) is 81.3 cm³/mol. The minimum atomic E-state index is -3.11. The summed E-state index contributed by atoms with van der Waals surface area (Å²) >= 11 is 6.00. The first-order chi connectivity index (χ1) is 9.34. The normalized spacial score (nSPS) is 18.1. The number of piperidine rings is 1. The Morgan fingerprint density at radius 2 is 2.00 bits per heavy atom. The second-order valence-corrected chi connectivity index (χ2v) is 7.46. The minimum absolute atomic E-state index is 0.252. The first kappa shape index (κ1) is 15.3. The van der Waals surface area contributed by atoms with Crippen LogP contribution in [0, 0.1) is 0 Å². The van der Waals surface area contributed by atoms with Gasteiger partial charge in [-0.25, -0.2) is 12.7 Å². The molecule has 0 spiro atoms. The highest BCUT2D eigenvalue weighted by Crippen LogP contribution is 2.34. The van der Waals surface area contributed by atoms with E-state index < -0.39 is 10.0 Å². The van der Waals surface area contributed by atoms with Crippen LogP contribution >= 0.6 is 11.6 Å². The fourth-order valence-corrected chi connectivity index (χ4v) is 3.71. The monoisotopic (exact) mass is 316 g/mol. The third kappa shape index (κ3) is 2.97. The largest absolute Gasteiger partial charge is 0.397 e. The maximum Gasteiger partial charge on any atom is 0.211 e. The van der Waals surface area contributed by atoms with Crippen molar-refractivity contribution in [2.45, 2.75) is 18.8 Å². The zero-order valence-electron chi connectivity index (χ0n) is 11.3. The first-order valence-corrected chi connectivity index (χ1v) is 8.65. The van der Waals surface area contributed by atoms with Crippen molar-refractivity contribution in [3.8, 4) is 0 Å². The molecule has 0 radical (unpaired) electrons. The zero-order valence-corrected chi connectivity index (χ0v) is 12.9. The maximum absolute atomic E-state index is 11.5. The standard InChI is InChI=1S/C13H18ClN3O2S/c1-20(18,19)17-6-4-9(5-7-17)10-2-3-12(14)13(16)11(10)8-15/h2-3,8-9,15H,4-7,16H2,1H3/p+1. The molecule has 5 nitrogen and oxygen atoms in total. The van der Waals surface area contributed by atoms with Crippen LogP contribution in [0.2, 0.25) is 5.02 Å². The summed E-state index contributed by atoms with van der Waals surface area (Å²) in [4.78, 5) is 0. The number of rotatable bonds is 3.